The number of carbonyl (C=O) groups is 1. The van der Waals surface area contributed by atoms with Gasteiger partial charge in [-0.3, -0.25) is 4.79 Å². The van der Waals surface area contributed by atoms with Gasteiger partial charge in [0.1, 0.15) is 0 Å². The molecule has 0 saturated carbocycles. The number of carbonyl (C=O) groups excluding carboxylic acids is 1. The van der Waals surface area contributed by atoms with Crippen LogP contribution in [0.1, 0.15) is 15.9 Å². The zero-order chi connectivity index (χ0) is 22.3. The highest BCUT2D eigenvalue weighted by atomic mass is 19.4. The first kappa shape index (κ1) is 20.5. The molecule has 3 heterocycles. The van der Waals surface area contributed by atoms with Crippen molar-refractivity contribution in [1.82, 2.24) is 14.9 Å². The highest BCUT2D eigenvalue weighted by Crippen LogP contribution is 2.34. The van der Waals surface area contributed by atoms with Gasteiger partial charge in [0.2, 0.25) is 5.95 Å². The van der Waals surface area contributed by atoms with Crippen molar-refractivity contribution in [3.63, 3.8) is 0 Å². The fourth-order valence-electron chi connectivity index (χ4n) is 4.62. The van der Waals surface area contributed by atoms with E-state index in [0.29, 0.717) is 36.1 Å². The molecule has 2 aliphatic rings. The fourth-order valence-corrected chi connectivity index (χ4v) is 4.62. The molecule has 2 unspecified atom stereocenters. The van der Waals surface area contributed by atoms with Crippen molar-refractivity contribution < 1.29 is 18.0 Å². The number of aromatic nitrogens is 2. The van der Waals surface area contributed by atoms with Crippen molar-refractivity contribution in [2.24, 2.45) is 11.8 Å². The number of hydrogen-bond acceptors (Lipinski definition) is 4. The summed E-state index contributed by atoms with van der Waals surface area (Å²) in [5.41, 5.74) is 1.36. The van der Waals surface area contributed by atoms with E-state index >= 15 is 0 Å². The molecule has 0 bridgehead atoms. The molecule has 5 nitrogen and oxygen atoms in total. The molecule has 0 radical (unpaired) electrons. The van der Waals surface area contributed by atoms with Gasteiger partial charge in [-0.2, -0.15) is 13.2 Å². The molecule has 2 saturated heterocycles. The second-order valence-electron chi connectivity index (χ2n) is 8.34. The molecule has 8 heteroatoms. The first-order valence-corrected chi connectivity index (χ1v) is 10.5. The van der Waals surface area contributed by atoms with Crippen LogP contribution in [0.5, 0.6) is 0 Å². The molecule has 0 aliphatic carbocycles. The van der Waals surface area contributed by atoms with Gasteiger partial charge in [0.25, 0.3) is 5.91 Å². The molecular weight excluding hydrogens is 417 g/mol. The number of benzene rings is 2. The summed E-state index contributed by atoms with van der Waals surface area (Å²) in [6.45, 7) is 3.08. The second-order valence-corrected chi connectivity index (χ2v) is 8.34. The largest absolute Gasteiger partial charge is 0.416 e. The van der Waals surface area contributed by atoms with Crippen molar-refractivity contribution in [2.45, 2.75) is 6.18 Å². The minimum Gasteiger partial charge on any atom is -0.340 e. The summed E-state index contributed by atoms with van der Waals surface area (Å²) in [5.74, 6) is 1.52. The fraction of sp³-hybridized carbons (Fsp3) is 0.292. The van der Waals surface area contributed by atoms with Crippen LogP contribution in [-0.2, 0) is 6.18 Å². The van der Waals surface area contributed by atoms with Gasteiger partial charge in [0.05, 0.1) is 5.56 Å². The molecule has 2 aromatic carbocycles. The van der Waals surface area contributed by atoms with Crippen molar-refractivity contribution in [3.8, 4) is 11.1 Å². The Morgan fingerprint density at radius 2 is 1.34 bits per heavy atom. The topological polar surface area (TPSA) is 49.3 Å². The Morgan fingerprint density at radius 1 is 0.812 bits per heavy atom. The molecular formula is C24H21F3N4O. The lowest BCUT2D eigenvalue weighted by atomic mass is 10.0. The van der Waals surface area contributed by atoms with Crippen LogP contribution < -0.4 is 4.90 Å². The van der Waals surface area contributed by atoms with Crippen molar-refractivity contribution in [3.05, 3.63) is 78.1 Å². The molecule has 32 heavy (non-hydrogen) atoms. The molecule has 2 atom stereocenters. The molecule has 2 fully saturated rings. The minimum atomic E-state index is -4.35. The van der Waals surface area contributed by atoms with Gasteiger partial charge in [-0.25, -0.2) is 9.97 Å². The Bertz CT molecular complexity index is 1090. The number of rotatable bonds is 3. The van der Waals surface area contributed by atoms with Crippen LogP contribution in [0.25, 0.3) is 11.1 Å². The van der Waals surface area contributed by atoms with E-state index < -0.39 is 11.7 Å². The van der Waals surface area contributed by atoms with E-state index in [1.54, 1.807) is 42.7 Å². The molecule has 0 N–H and O–H groups in total. The summed E-state index contributed by atoms with van der Waals surface area (Å²) >= 11 is 0. The van der Waals surface area contributed by atoms with Crippen molar-refractivity contribution >= 4 is 11.9 Å². The zero-order valence-corrected chi connectivity index (χ0v) is 17.2. The third kappa shape index (κ3) is 3.92. The van der Waals surface area contributed by atoms with E-state index in [1.807, 2.05) is 4.90 Å². The summed E-state index contributed by atoms with van der Waals surface area (Å²) in [4.78, 5) is 25.7. The van der Waals surface area contributed by atoms with Crippen LogP contribution in [0.4, 0.5) is 19.1 Å². The average Bonchev–Trinajstić information content (AvgIpc) is 3.38. The Morgan fingerprint density at radius 3 is 1.88 bits per heavy atom. The lowest BCUT2D eigenvalue weighted by Crippen LogP contribution is -2.33. The predicted molar refractivity (Wildman–Crippen MR) is 114 cm³/mol. The van der Waals surface area contributed by atoms with Gasteiger partial charge >= 0.3 is 6.18 Å². The lowest BCUT2D eigenvalue weighted by molar-refractivity contribution is -0.137. The summed E-state index contributed by atoms with van der Waals surface area (Å²) in [5, 5.41) is 0. The predicted octanol–water partition coefficient (Wildman–Crippen LogP) is 4.37. The molecule has 164 valence electrons. The van der Waals surface area contributed by atoms with Crippen LogP contribution in [0.3, 0.4) is 0 Å². The van der Waals surface area contributed by atoms with Gasteiger partial charge in [-0.1, -0.05) is 24.3 Å². The molecule has 1 amide bonds. The van der Waals surface area contributed by atoms with E-state index in [9.17, 15) is 18.0 Å². The van der Waals surface area contributed by atoms with Gasteiger partial charge in [0.15, 0.2) is 0 Å². The van der Waals surface area contributed by atoms with E-state index in [0.717, 1.165) is 36.7 Å². The maximum Gasteiger partial charge on any atom is 0.416 e. The number of alkyl halides is 3. The quantitative estimate of drug-likeness (QED) is 0.609. The van der Waals surface area contributed by atoms with Crippen LogP contribution in [-0.4, -0.2) is 47.0 Å². The zero-order valence-electron chi connectivity index (χ0n) is 17.2. The van der Waals surface area contributed by atoms with Gasteiger partial charge in [-0.15, -0.1) is 0 Å². The summed E-state index contributed by atoms with van der Waals surface area (Å²) in [6, 6.07) is 13.9. The second kappa shape index (κ2) is 7.93. The first-order chi connectivity index (χ1) is 15.4. The number of anilines is 1. The van der Waals surface area contributed by atoms with E-state index in [2.05, 4.69) is 14.9 Å². The minimum absolute atomic E-state index is 0.0131. The number of likely N-dealkylation sites (tertiary alicyclic amines) is 1. The Hall–Kier alpha value is -3.42. The average molecular weight is 438 g/mol. The van der Waals surface area contributed by atoms with Gasteiger partial charge < -0.3 is 9.80 Å². The number of hydrogen-bond donors (Lipinski definition) is 0. The molecule has 0 spiro atoms. The molecule has 2 aliphatic heterocycles. The van der Waals surface area contributed by atoms with Crippen LogP contribution in [0, 0.1) is 11.8 Å². The SMILES string of the molecule is O=C(c1ccc(-c2ccc(C(F)(F)F)cc2)cc1)N1CC2CN(c3ncccn3)CC2C1. The number of amides is 1. The standard InChI is InChI=1S/C24H21F3N4O/c25-24(26,27)21-8-6-17(7-9-21)16-2-4-18(5-3-16)22(32)30-12-19-14-31(15-20(19)13-30)23-28-10-1-11-29-23/h1-11,19-20H,12-15H2. The molecule has 1 aromatic heterocycles. The lowest BCUT2D eigenvalue weighted by Gasteiger charge is -2.21. The molecule has 5 rings (SSSR count). The Labute approximate surface area is 183 Å². The Kier molecular flexibility index (Phi) is 5.07. The molecule has 3 aromatic rings. The highest BCUT2D eigenvalue weighted by Gasteiger charge is 2.42. The van der Waals surface area contributed by atoms with E-state index in [-0.39, 0.29) is 5.91 Å². The summed E-state index contributed by atoms with van der Waals surface area (Å²) in [6.07, 6.45) is -0.880. The smallest absolute Gasteiger partial charge is 0.340 e. The summed E-state index contributed by atoms with van der Waals surface area (Å²) < 4.78 is 38.3. The van der Waals surface area contributed by atoms with Gasteiger partial charge in [0, 0.05) is 56.0 Å². The van der Waals surface area contributed by atoms with Crippen LogP contribution in [0.2, 0.25) is 0 Å². The highest BCUT2D eigenvalue weighted by molar-refractivity contribution is 5.95. The first-order valence-electron chi connectivity index (χ1n) is 10.5. The van der Waals surface area contributed by atoms with Crippen LogP contribution >= 0.6 is 0 Å². The number of halogens is 3. The third-order valence-electron chi connectivity index (χ3n) is 6.29. The third-order valence-corrected chi connectivity index (χ3v) is 6.29. The van der Waals surface area contributed by atoms with E-state index in [4.69, 9.17) is 0 Å². The van der Waals surface area contributed by atoms with Crippen molar-refractivity contribution in [1.29, 1.82) is 0 Å². The summed E-state index contributed by atoms with van der Waals surface area (Å²) in [7, 11) is 0. The van der Waals surface area contributed by atoms with Gasteiger partial charge in [-0.05, 0) is 41.5 Å². The number of fused-ring (bicyclic) bond motifs is 1. The van der Waals surface area contributed by atoms with E-state index in [1.165, 1.54) is 12.1 Å². The Balaban J connectivity index is 1.23. The maximum atomic E-state index is 13.0. The normalized spacial score (nSPS) is 20.5. The monoisotopic (exact) mass is 438 g/mol. The van der Waals surface area contributed by atoms with Crippen LogP contribution in [0.15, 0.2) is 67.0 Å². The maximum absolute atomic E-state index is 13.0. The van der Waals surface area contributed by atoms with Crippen molar-refractivity contribution in [2.75, 3.05) is 31.1 Å². The number of nitrogens with zero attached hydrogens (tertiary/aromatic N) is 4.